The summed E-state index contributed by atoms with van der Waals surface area (Å²) in [6, 6.07) is 25.9. The Morgan fingerprint density at radius 2 is 1.74 bits per heavy atom. The number of carbonyl (C=O) groups excluding carboxylic acids is 1. The maximum atomic E-state index is 12.5. The molecule has 1 amide bonds. The number of carbonyl (C=O) groups is 1. The van der Waals surface area contributed by atoms with E-state index in [2.05, 4.69) is 25.7 Å². The van der Waals surface area contributed by atoms with Gasteiger partial charge in [0, 0.05) is 29.2 Å². The smallest absolute Gasteiger partial charge is 0.250 e. The fourth-order valence-corrected chi connectivity index (χ4v) is 4.42. The number of rotatable bonds is 7. The van der Waals surface area contributed by atoms with Crippen LogP contribution < -0.4 is 5.43 Å². The zero-order valence-electron chi connectivity index (χ0n) is 19.0. The predicted molar refractivity (Wildman–Crippen MR) is 140 cm³/mol. The second kappa shape index (κ2) is 10.3. The van der Waals surface area contributed by atoms with E-state index in [1.54, 1.807) is 18.6 Å². The molecule has 35 heavy (non-hydrogen) atoms. The van der Waals surface area contributed by atoms with E-state index in [9.17, 15) is 4.79 Å². The van der Waals surface area contributed by atoms with Gasteiger partial charge in [-0.3, -0.25) is 14.3 Å². The minimum absolute atomic E-state index is 0.146. The number of amides is 1. The summed E-state index contributed by atoms with van der Waals surface area (Å²) in [6.07, 6.45) is 5.11. The lowest BCUT2D eigenvalue weighted by molar-refractivity contribution is -0.118. The first-order valence-corrected chi connectivity index (χ1v) is 12.0. The van der Waals surface area contributed by atoms with E-state index in [0.717, 1.165) is 33.2 Å². The van der Waals surface area contributed by atoms with Crippen molar-refractivity contribution in [2.24, 2.45) is 5.10 Å². The predicted octanol–water partition coefficient (Wildman–Crippen LogP) is 5.03. The van der Waals surface area contributed by atoms with Crippen LogP contribution >= 0.6 is 11.8 Å². The molecule has 0 fully saturated rings. The Labute approximate surface area is 206 Å². The van der Waals surface area contributed by atoms with Crippen LogP contribution in [0, 0.1) is 6.92 Å². The van der Waals surface area contributed by atoms with Gasteiger partial charge in [0.15, 0.2) is 11.0 Å². The highest BCUT2D eigenvalue weighted by molar-refractivity contribution is 7.99. The number of fused-ring (bicyclic) bond motifs is 1. The molecule has 0 atom stereocenters. The van der Waals surface area contributed by atoms with Gasteiger partial charge < -0.3 is 0 Å². The van der Waals surface area contributed by atoms with Gasteiger partial charge in [0.25, 0.3) is 5.91 Å². The summed E-state index contributed by atoms with van der Waals surface area (Å²) in [6.45, 7) is 2.04. The van der Waals surface area contributed by atoms with Crippen molar-refractivity contribution in [3.05, 3.63) is 102 Å². The van der Waals surface area contributed by atoms with Gasteiger partial charge in [-0.05, 0) is 42.0 Å². The number of hydrogen-bond donors (Lipinski definition) is 1. The van der Waals surface area contributed by atoms with Crippen LogP contribution in [0.2, 0.25) is 0 Å². The number of thioether (sulfide) groups is 1. The van der Waals surface area contributed by atoms with Gasteiger partial charge in [0.2, 0.25) is 0 Å². The number of nitrogens with zero attached hydrogens (tertiary/aromatic N) is 5. The van der Waals surface area contributed by atoms with Gasteiger partial charge in [-0.15, -0.1) is 10.2 Å². The zero-order chi connectivity index (χ0) is 24.0. The Bertz CT molecular complexity index is 1490. The average molecular weight is 479 g/mol. The molecule has 0 unspecified atom stereocenters. The zero-order valence-corrected chi connectivity index (χ0v) is 19.8. The Hall–Kier alpha value is -4.30. The Balaban J connectivity index is 1.32. The minimum Gasteiger partial charge on any atom is -0.272 e. The molecule has 0 spiro atoms. The van der Waals surface area contributed by atoms with Crippen molar-refractivity contribution in [3.63, 3.8) is 0 Å². The van der Waals surface area contributed by atoms with Gasteiger partial charge in [-0.2, -0.15) is 5.10 Å². The average Bonchev–Trinajstić information content (AvgIpc) is 3.32. The largest absolute Gasteiger partial charge is 0.272 e. The third-order valence-electron chi connectivity index (χ3n) is 5.41. The molecule has 0 aliphatic rings. The molecule has 0 radical (unpaired) electrons. The summed E-state index contributed by atoms with van der Waals surface area (Å²) in [7, 11) is 0. The molecule has 2 heterocycles. The van der Waals surface area contributed by atoms with Crippen molar-refractivity contribution >= 4 is 34.7 Å². The summed E-state index contributed by atoms with van der Waals surface area (Å²) in [5.74, 6) is 0.608. The molecule has 1 N–H and O–H groups in total. The highest BCUT2D eigenvalue weighted by Crippen LogP contribution is 2.27. The van der Waals surface area contributed by atoms with E-state index < -0.39 is 0 Å². The monoisotopic (exact) mass is 478 g/mol. The Morgan fingerprint density at radius 3 is 2.57 bits per heavy atom. The molecular weight excluding hydrogens is 456 g/mol. The molecular formula is C27H22N6OS. The molecule has 8 heteroatoms. The first-order valence-electron chi connectivity index (χ1n) is 11.0. The van der Waals surface area contributed by atoms with Crippen molar-refractivity contribution in [1.82, 2.24) is 25.2 Å². The second-order valence-corrected chi connectivity index (χ2v) is 8.81. The molecule has 172 valence electrons. The third-order valence-corrected chi connectivity index (χ3v) is 6.34. The van der Waals surface area contributed by atoms with E-state index in [-0.39, 0.29) is 11.7 Å². The van der Waals surface area contributed by atoms with Crippen LogP contribution in [0.1, 0.15) is 11.1 Å². The Kier molecular flexibility index (Phi) is 6.63. The lowest BCUT2D eigenvalue weighted by Crippen LogP contribution is -2.20. The maximum Gasteiger partial charge on any atom is 0.250 e. The van der Waals surface area contributed by atoms with Crippen molar-refractivity contribution in [2.45, 2.75) is 12.1 Å². The molecule has 0 saturated carbocycles. The standard InChI is InChI=1S/C27H22N6OS/c1-19-9-11-23(12-10-19)33-26(21-13-15-28-16-14-21)31-32-27(33)35-18-25(34)30-29-17-22-7-4-6-20-5-2-3-8-24(20)22/h2-17H,18H2,1H3,(H,30,34)/b29-17+. The summed E-state index contributed by atoms with van der Waals surface area (Å²) in [4.78, 5) is 16.6. The minimum atomic E-state index is -0.226. The van der Waals surface area contributed by atoms with Crippen LogP contribution in [-0.4, -0.2) is 37.6 Å². The van der Waals surface area contributed by atoms with E-state index in [4.69, 9.17) is 0 Å². The first-order chi connectivity index (χ1) is 17.2. The van der Waals surface area contributed by atoms with Gasteiger partial charge >= 0.3 is 0 Å². The second-order valence-electron chi connectivity index (χ2n) is 7.86. The van der Waals surface area contributed by atoms with Crippen LogP contribution in [0.25, 0.3) is 27.8 Å². The van der Waals surface area contributed by atoms with E-state index >= 15 is 0 Å². The van der Waals surface area contributed by atoms with Crippen molar-refractivity contribution in [1.29, 1.82) is 0 Å². The van der Waals surface area contributed by atoms with Gasteiger partial charge in [-0.25, -0.2) is 5.43 Å². The molecule has 5 aromatic rings. The van der Waals surface area contributed by atoms with Gasteiger partial charge in [0.1, 0.15) is 0 Å². The van der Waals surface area contributed by atoms with Crippen molar-refractivity contribution in [3.8, 4) is 17.1 Å². The fraction of sp³-hybridized carbons (Fsp3) is 0.0741. The molecule has 0 aliphatic heterocycles. The topological polar surface area (TPSA) is 85.1 Å². The van der Waals surface area contributed by atoms with E-state index in [1.807, 2.05) is 90.4 Å². The van der Waals surface area contributed by atoms with Gasteiger partial charge in [-0.1, -0.05) is 71.9 Å². The van der Waals surface area contributed by atoms with Crippen LogP contribution in [-0.2, 0) is 4.79 Å². The summed E-state index contributed by atoms with van der Waals surface area (Å²) in [5, 5.41) is 15.7. The van der Waals surface area contributed by atoms with Crippen molar-refractivity contribution < 1.29 is 4.79 Å². The molecule has 0 aliphatic carbocycles. The number of aryl methyl sites for hydroxylation is 1. The molecule has 7 nitrogen and oxygen atoms in total. The Morgan fingerprint density at radius 1 is 0.971 bits per heavy atom. The number of hydrogen-bond acceptors (Lipinski definition) is 6. The molecule has 5 rings (SSSR count). The highest BCUT2D eigenvalue weighted by atomic mass is 32.2. The summed E-state index contributed by atoms with van der Waals surface area (Å²) >= 11 is 1.31. The van der Waals surface area contributed by atoms with Crippen LogP contribution in [0.3, 0.4) is 0 Å². The molecule has 3 aromatic carbocycles. The molecule has 2 aromatic heterocycles. The first kappa shape index (κ1) is 22.5. The van der Waals surface area contributed by atoms with Crippen molar-refractivity contribution in [2.75, 3.05) is 5.75 Å². The van der Waals surface area contributed by atoms with E-state index in [1.165, 1.54) is 11.8 Å². The number of nitrogens with one attached hydrogen (secondary N) is 1. The lowest BCUT2D eigenvalue weighted by atomic mass is 10.1. The number of aromatic nitrogens is 4. The molecule has 0 saturated heterocycles. The van der Waals surface area contributed by atoms with Gasteiger partial charge in [0.05, 0.1) is 12.0 Å². The normalized spacial score (nSPS) is 11.2. The number of pyridine rings is 1. The number of benzene rings is 3. The van der Waals surface area contributed by atoms with E-state index in [0.29, 0.717) is 11.0 Å². The third kappa shape index (κ3) is 5.12. The quantitative estimate of drug-likeness (QED) is 0.201. The van der Waals surface area contributed by atoms with Crippen LogP contribution in [0.4, 0.5) is 0 Å². The highest BCUT2D eigenvalue weighted by Gasteiger charge is 2.17. The maximum absolute atomic E-state index is 12.5. The van der Waals surface area contributed by atoms with Crippen LogP contribution in [0.15, 0.2) is 102 Å². The number of hydrazone groups is 1. The summed E-state index contributed by atoms with van der Waals surface area (Å²) < 4.78 is 1.95. The van der Waals surface area contributed by atoms with Crippen LogP contribution in [0.5, 0.6) is 0 Å². The lowest BCUT2D eigenvalue weighted by Gasteiger charge is -2.10. The fourth-order valence-electron chi connectivity index (χ4n) is 3.68. The summed E-state index contributed by atoms with van der Waals surface area (Å²) in [5.41, 5.74) is 6.53. The molecule has 0 bridgehead atoms. The SMILES string of the molecule is Cc1ccc(-n2c(SCC(=O)N/N=C/c3cccc4ccccc34)nnc2-c2ccncc2)cc1.